The van der Waals surface area contributed by atoms with Gasteiger partial charge in [-0.3, -0.25) is 9.59 Å². The van der Waals surface area contributed by atoms with E-state index in [0.717, 1.165) is 10.8 Å². The second-order valence-electron chi connectivity index (χ2n) is 5.55. The number of carbonyl (C=O) groups excluding carboxylic acids is 3. The summed E-state index contributed by atoms with van der Waals surface area (Å²) in [7, 11) is 0. The molecule has 5 nitrogen and oxygen atoms in total. The second kappa shape index (κ2) is 8.07. The number of esters is 1. The molecular weight excluding hydrogens is 332 g/mol. The molecule has 0 radical (unpaired) electrons. The fourth-order valence-corrected chi connectivity index (χ4v) is 2.58. The summed E-state index contributed by atoms with van der Waals surface area (Å²) >= 11 is 0. The molecule has 130 valence electrons. The Morgan fingerprint density at radius 2 is 1.58 bits per heavy atom. The van der Waals surface area contributed by atoms with Crippen LogP contribution in [0.5, 0.6) is 5.75 Å². The highest BCUT2D eigenvalue weighted by Gasteiger charge is 2.13. The van der Waals surface area contributed by atoms with Crippen molar-refractivity contribution in [2.75, 3.05) is 13.2 Å². The van der Waals surface area contributed by atoms with Crippen LogP contribution in [0.3, 0.4) is 0 Å². The normalized spacial score (nSPS) is 10.3. The SMILES string of the molecule is O=Cc1ccccc1OCC(=O)OCC(=O)c1cccc2ccccc12. The number of Topliss-reactive ketones (excluding diaryl/α,β-unsaturated/α-hetero) is 1. The molecule has 0 unspecified atom stereocenters. The standard InChI is InChI=1S/C21H16O5/c22-12-16-7-2-4-11-20(16)25-14-21(24)26-13-19(23)18-10-5-8-15-6-1-3-9-17(15)18/h1-12H,13-14H2. The lowest BCUT2D eigenvalue weighted by Crippen LogP contribution is -2.20. The topological polar surface area (TPSA) is 69.7 Å². The monoisotopic (exact) mass is 348 g/mol. The largest absolute Gasteiger partial charge is 0.481 e. The molecule has 0 amide bonds. The van der Waals surface area contributed by atoms with Crippen molar-refractivity contribution in [2.24, 2.45) is 0 Å². The summed E-state index contributed by atoms with van der Waals surface area (Å²) in [4.78, 5) is 35.1. The number of para-hydroxylation sites is 1. The Labute approximate surface area is 150 Å². The van der Waals surface area contributed by atoms with Crippen molar-refractivity contribution < 1.29 is 23.9 Å². The average Bonchev–Trinajstić information content (AvgIpc) is 2.70. The molecule has 0 N–H and O–H groups in total. The number of rotatable bonds is 7. The highest BCUT2D eigenvalue weighted by atomic mass is 16.6. The van der Waals surface area contributed by atoms with Crippen molar-refractivity contribution in [1.82, 2.24) is 0 Å². The zero-order valence-electron chi connectivity index (χ0n) is 13.9. The van der Waals surface area contributed by atoms with Crippen molar-refractivity contribution in [3.8, 4) is 5.75 Å². The maximum absolute atomic E-state index is 12.4. The lowest BCUT2D eigenvalue weighted by atomic mass is 10.0. The molecule has 0 saturated carbocycles. The van der Waals surface area contributed by atoms with Crippen LogP contribution < -0.4 is 4.74 Å². The Hall–Kier alpha value is -3.47. The van der Waals surface area contributed by atoms with Crippen LogP contribution in [0.2, 0.25) is 0 Å². The summed E-state index contributed by atoms with van der Waals surface area (Å²) < 4.78 is 10.3. The molecule has 0 spiro atoms. The first kappa shape index (κ1) is 17.4. The van der Waals surface area contributed by atoms with Gasteiger partial charge in [0.05, 0.1) is 5.56 Å². The fourth-order valence-electron chi connectivity index (χ4n) is 2.58. The number of ketones is 1. The summed E-state index contributed by atoms with van der Waals surface area (Å²) in [6, 6.07) is 19.5. The molecule has 3 aromatic carbocycles. The number of aldehydes is 1. The molecule has 0 aliphatic heterocycles. The number of benzene rings is 3. The van der Waals surface area contributed by atoms with E-state index in [1.807, 2.05) is 30.3 Å². The number of carbonyl (C=O) groups is 3. The Bertz CT molecular complexity index is 956. The lowest BCUT2D eigenvalue weighted by Gasteiger charge is -2.09. The van der Waals surface area contributed by atoms with Crippen molar-refractivity contribution in [3.63, 3.8) is 0 Å². The van der Waals surface area contributed by atoms with Gasteiger partial charge in [0.2, 0.25) is 5.78 Å². The van der Waals surface area contributed by atoms with Gasteiger partial charge in [0, 0.05) is 5.56 Å². The third-order valence-corrected chi connectivity index (χ3v) is 3.85. The Morgan fingerprint density at radius 1 is 0.846 bits per heavy atom. The van der Waals surface area contributed by atoms with Crippen LogP contribution in [0, 0.1) is 0 Å². The van der Waals surface area contributed by atoms with E-state index in [9.17, 15) is 14.4 Å². The molecule has 26 heavy (non-hydrogen) atoms. The summed E-state index contributed by atoms with van der Waals surface area (Å²) in [5.41, 5.74) is 0.843. The molecule has 0 aromatic heterocycles. The molecule has 0 fully saturated rings. The lowest BCUT2D eigenvalue weighted by molar-refractivity contribution is -0.144. The Balaban J connectivity index is 1.59. The molecule has 0 aliphatic rings. The molecule has 0 heterocycles. The maximum Gasteiger partial charge on any atom is 0.344 e. The van der Waals surface area contributed by atoms with Crippen LogP contribution in [0.4, 0.5) is 0 Å². The van der Waals surface area contributed by atoms with Crippen LogP contribution >= 0.6 is 0 Å². The fraction of sp³-hybridized carbons (Fsp3) is 0.0952. The summed E-state index contributed by atoms with van der Waals surface area (Å²) in [5.74, 6) is -0.678. The van der Waals surface area contributed by atoms with Crippen molar-refractivity contribution >= 4 is 28.8 Å². The van der Waals surface area contributed by atoms with Crippen LogP contribution in [0.15, 0.2) is 66.7 Å². The van der Waals surface area contributed by atoms with Gasteiger partial charge >= 0.3 is 5.97 Å². The van der Waals surface area contributed by atoms with Gasteiger partial charge in [-0.15, -0.1) is 0 Å². The van der Waals surface area contributed by atoms with Gasteiger partial charge in [0.25, 0.3) is 0 Å². The quantitative estimate of drug-likeness (QED) is 0.371. The van der Waals surface area contributed by atoms with Crippen molar-refractivity contribution in [1.29, 1.82) is 0 Å². The van der Waals surface area contributed by atoms with Crippen molar-refractivity contribution in [2.45, 2.75) is 0 Å². The van der Waals surface area contributed by atoms with Gasteiger partial charge in [-0.1, -0.05) is 54.6 Å². The predicted octanol–water partition coefficient (Wildman–Crippen LogP) is 3.46. The highest BCUT2D eigenvalue weighted by molar-refractivity contribution is 6.09. The number of fused-ring (bicyclic) bond motifs is 1. The summed E-state index contributed by atoms with van der Waals surface area (Å²) in [6.45, 7) is -0.751. The van der Waals surface area contributed by atoms with E-state index in [0.29, 0.717) is 23.2 Å². The summed E-state index contributed by atoms with van der Waals surface area (Å²) in [6.07, 6.45) is 0.644. The molecular formula is C21H16O5. The van der Waals surface area contributed by atoms with E-state index < -0.39 is 5.97 Å². The number of hydrogen-bond acceptors (Lipinski definition) is 5. The van der Waals surface area contributed by atoms with Gasteiger partial charge < -0.3 is 9.47 Å². The minimum atomic E-state index is -0.681. The molecule has 0 aliphatic carbocycles. The van der Waals surface area contributed by atoms with Crippen LogP contribution in [0.25, 0.3) is 10.8 Å². The van der Waals surface area contributed by atoms with Gasteiger partial charge in [-0.05, 0) is 22.9 Å². The predicted molar refractivity (Wildman–Crippen MR) is 96.6 cm³/mol. The smallest absolute Gasteiger partial charge is 0.344 e. The van der Waals surface area contributed by atoms with Crippen LogP contribution in [-0.4, -0.2) is 31.3 Å². The van der Waals surface area contributed by atoms with Crippen LogP contribution in [-0.2, 0) is 9.53 Å². The Kier molecular flexibility index (Phi) is 5.39. The minimum Gasteiger partial charge on any atom is -0.481 e. The zero-order valence-corrected chi connectivity index (χ0v) is 13.9. The molecule has 3 aromatic rings. The average molecular weight is 348 g/mol. The number of ether oxygens (including phenoxy) is 2. The van der Waals surface area contributed by atoms with Gasteiger partial charge in [0.15, 0.2) is 19.5 Å². The molecule has 0 saturated heterocycles. The van der Waals surface area contributed by atoms with Crippen LogP contribution in [0.1, 0.15) is 20.7 Å². The first-order chi connectivity index (χ1) is 12.7. The molecule has 0 bridgehead atoms. The maximum atomic E-state index is 12.4. The number of hydrogen-bond donors (Lipinski definition) is 0. The highest BCUT2D eigenvalue weighted by Crippen LogP contribution is 2.19. The minimum absolute atomic E-state index is 0.288. The van der Waals surface area contributed by atoms with Gasteiger partial charge in [-0.25, -0.2) is 4.79 Å². The van der Waals surface area contributed by atoms with Crippen molar-refractivity contribution in [3.05, 3.63) is 77.9 Å². The molecule has 3 rings (SSSR count). The zero-order chi connectivity index (χ0) is 18.4. The van der Waals surface area contributed by atoms with E-state index in [1.165, 1.54) is 0 Å². The van der Waals surface area contributed by atoms with Gasteiger partial charge in [0.1, 0.15) is 5.75 Å². The van der Waals surface area contributed by atoms with E-state index in [4.69, 9.17) is 9.47 Å². The van der Waals surface area contributed by atoms with E-state index in [-0.39, 0.29) is 19.0 Å². The summed E-state index contributed by atoms with van der Waals surface area (Å²) in [5, 5.41) is 1.76. The van der Waals surface area contributed by atoms with E-state index in [1.54, 1.807) is 36.4 Å². The first-order valence-electron chi connectivity index (χ1n) is 8.02. The molecule has 0 atom stereocenters. The van der Waals surface area contributed by atoms with E-state index in [2.05, 4.69) is 0 Å². The Morgan fingerprint density at radius 3 is 2.42 bits per heavy atom. The van der Waals surface area contributed by atoms with Gasteiger partial charge in [-0.2, -0.15) is 0 Å². The third kappa shape index (κ3) is 3.95. The first-order valence-corrected chi connectivity index (χ1v) is 8.02. The second-order valence-corrected chi connectivity index (χ2v) is 5.55. The third-order valence-electron chi connectivity index (χ3n) is 3.85. The molecule has 5 heteroatoms. The van der Waals surface area contributed by atoms with E-state index >= 15 is 0 Å².